The molecule has 2 aliphatic rings. The number of piperazine rings is 1. The van der Waals surface area contributed by atoms with E-state index in [4.69, 9.17) is 0 Å². The lowest BCUT2D eigenvalue weighted by molar-refractivity contribution is -0.122. The number of rotatable bonds is 6. The summed E-state index contributed by atoms with van der Waals surface area (Å²) in [5, 5.41) is 6.87. The lowest BCUT2D eigenvalue weighted by atomic mass is 10.0. The van der Waals surface area contributed by atoms with Gasteiger partial charge < -0.3 is 10.2 Å². The minimum absolute atomic E-state index is 0.0298. The zero-order valence-corrected chi connectivity index (χ0v) is 17.2. The number of hydrogen-bond acceptors (Lipinski definition) is 6. The third-order valence-electron chi connectivity index (χ3n) is 5.58. The molecular weight excluding hydrogens is 386 g/mol. The van der Waals surface area contributed by atoms with Gasteiger partial charge in [0.25, 0.3) is 5.91 Å². The first-order chi connectivity index (χ1) is 14.2. The van der Waals surface area contributed by atoms with E-state index in [1.54, 1.807) is 11.3 Å². The lowest BCUT2D eigenvalue weighted by Gasteiger charge is -2.34. The lowest BCUT2D eigenvalue weighted by Crippen LogP contribution is -2.51. The molecule has 4 rings (SSSR count). The van der Waals surface area contributed by atoms with Crippen LogP contribution in [0.1, 0.15) is 28.4 Å². The minimum atomic E-state index is -0.222. The van der Waals surface area contributed by atoms with Crippen molar-refractivity contribution in [3.8, 4) is 0 Å². The highest BCUT2D eigenvalue weighted by molar-refractivity contribution is 7.08. The van der Waals surface area contributed by atoms with Gasteiger partial charge in [0.1, 0.15) is 6.04 Å². The molecule has 154 valence electrons. The summed E-state index contributed by atoms with van der Waals surface area (Å²) in [6.07, 6.45) is 0.735. The molecule has 2 aliphatic heterocycles. The van der Waals surface area contributed by atoms with Crippen LogP contribution in [0.15, 0.2) is 47.2 Å². The topological polar surface area (TPSA) is 76.7 Å². The third-order valence-corrected chi connectivity index (χ3v) is 6.26. The van der Waals surface area contributed by atoms with Gasteiger partial charge in [-0.3, -0.25) is 14.5 Å². The molecule has 7 nitrogen and oxygen atoms in total. The molecule has 0 radical (unpaired) electrons. The van der Waals surface area contributed by atoms with E-state index in [0.717, 1.165) is 44.7 Å². The highest BCUT2D eigenvalue weighted by atomic mass is 32.1. The van der Waals surface area contributed by atoms with Crippen LogP contribution in [0.4, 0.5) is 0 Å². The fourth-order valence-electron chi connectivity index (χ4n) is 3.84. The number of nitrogens with one attached hydrogen (secondary N) is 3. The first-order valence-electron chi connectivity index (χ1n) is 10.1. The number of nitrogens with zero attached hydrogens (tertiary/aromatic N) is 2. The van der Waals surface area contributed by atoms with Gasteiger partial charge in [0.2, 0.25) is 5.91 Å². The average molecular weight is 414 g/mol. The van der Waals surface area contributed by atoms with E-state index >= 15 is 0 Å². The summed E-state index contributed by atoms with van der Waals surface area (Å²) in [6, 6.07) is 12.0. The van der Waals surface area contributed by atoms with Gasteiger partial charge in [-0.05, 0) is 23.4 Å². The van der Waals surface area contributed by atoms with Crippen molar-refractivity contribution in [3.63, 3.8) is 0 Å². The van der Waals surface area contributed by atoms with E-state index in [1.807, 2.05) is 39.9 Å². The van der Waals surface area contributed by atoms with Crippen molar-refractivity contribution in [2.24, 2.45) is 0 Å². The first kappa shape index (κ1) is 20.0. The number of carbonyl (C=O) groups excluding carboxylic acids is 2. The second-order valence-corrected chi connectivity index (χ2v) is 8.26. The predicted molar refractivity (Wildman–Crippen MR) is 114 cm³/mol. The van der Waals surface area contributed by atoms with Crippen LogP contribution < -0.4 is 16.2 Å². The second-order valence-electron chi connectivity index (χ2n) is 7.48. The summed E-state index contributed by atoms with van der Waals surface area (Å²) >= 11 is 1.55. The van der Waals surface area contributed by atoms with Gasteiger partial charge in [-0.1, -0.05) is 30.3 Å². The van der Waals surface area contributed by atoms with E-state index < -0.39 is 0 Å². The van der Waals surface area contributed by atoms with Crippen LogP contribution in [0, 0.1) is 0 Å². The maximum atomic E-state index is 12.5. The number of amides is 2. The Balaban J connectivity index is 1.15. The van der Waals surface area contributed by atoms with Gasteiger partial charge in [-0.2, -0.15) is 11.3 Å². The van der Waals surface area contributed by atoms with Gasteiger partial charge in [0, 0.05) is 50.7 Å². The predicted octanol–water partition coefficient (Wildman–Crippen LogP) is 1.23. The molecule has 0 aliphatic carbocycles. The maximum absolute atomic E-state index is 12.5. The molecule has 2 atom stereocenters. The van der Waals surface area contributed by atoms with Gasteiger partial charge in [-0.15, -0.1) is 0 Å². The van der Waals surface area contributed by atoms with Gasteiger partial charge in [-0.25, -0.2) is 10.9 Å². The van der Waals surface area contributed by atoms with Crippen molar-refractivity contribution in [1.82, 2.24) is 26.0 Å². The summed E-state index contributed by atoms with van der Waals surface area (Å²) in [6.45, 7) is 4.56. The largest absolute Gasteiger partial charge is 0.353 e. The number of carbonyl (C=O) groups is 2. The molecule has 1 aromatic carbocycles. The fourth-order valence-corrected chi connectivity index (χ4v) is 4.47. The van der Waals surface area contributed by atoms with Crippen LogP contribution in [0.5, 0.6) is 0 Å². The summed E-state index contributed by atoms with van der Waals surface area (Å²) in [4.78, 5) is 29.1. The smallest absolute Gasteiger partial charge is 0.254 e. The molecule has 2 amide bonds. The van der Waals surface area contributed by atoms with Crippen LogP contribution in [-0.4, -0.2) is 66.9 Å². The zero-order chi connectivity index (χ0) is 20.1. The van der Waals surface area contributed by atoms with Crippen molar-refractivity contribution in [2.45, 2.75) is 18.5 Å². The van der Waals surface area contributed by atoms with Gasteiger partial charge in [0.15, 0.2) is 0 Å². The van der Waals surface area contributed by atoms with E-state index in [0.29, 0.717) is 6.54 Å². The van der Waals surface area contributed by atoms with E-state index in [1.165, 1.54) is 5.56 Å². The molecule has 2 saturated heterocycles. The standard InChI is InChI=1S/C21H27N5O2S/c27-20(19-14-18(23-24-19)16-4-2-1-3-5-16)22-7-8-25-9-11-26(12-10-25)21(28)17-6-13-29-15-17/h1-6,13,15,18-19,23-24H,7-12,14H2,(H,22,27). The Morgan fingerprint density at radius 1 is 1.07 bits per heavy atom. The SMILES string of the molecule is O=C(NCCN1CCN(C(=O)c2ccsc2)CC1)C1CC(c2ccccc2)NN1. The van der Waals surface area contributed by atoms with Crippen LogP contribution in [0.3, 0.4) is 0 Å². The Hall–Kier alpha value is -2.26. The maximum Gasteiger partial charge on any atom is 0.254 e. The molecule has 2 fully saturated rings. The quantitative estimate of drug-likeness (QED) is 0.664. The molecule has 29 heavy (non-hydrogen) atoms. The van der Waals surface area contributed by atoms with Crippen LogP contribution in [0.25, 0.3) is 0 Å². The van der Waals surface area contributed by atoms with Crippen molar-refractivity contribution in [1.29, 1.82) is 0 Å². The highest BCUT2D eigenvalue weighted by Gasteiger charge is 2.30. The minimum Gasteiger partial charge on any atom is -0.353 e. The molecule has 0 saturated carbocycles. The number of benzene rings is 1. The molecule has 8 heteroatoms. The Morgan fingerprint density at radius 3 is 2.59 bits per heavy atom. The highest BCUT2D eigenvalue weighted by Crippen LogP contribution is 2.21. The normalized spacial score (nSPS) is 22.6. The molecule has 1 aromatic heterocycles. The Labute approximate surface area is 175 Å². The average Bonchev–Trinajstić information content (AvgIpc) is 3.47. The molecule has 2 unspecified atom stereocenters. The Morgan fingerprint density at radius 2 is 1.86 bits per heavy atom. The van der Waals surface area contributed by atoms with E-state index in [-0.39, 0.29) is 23.9 Å². The van der Waals surface area contributed by atoms with Gasteiger partial charge in [0.05, 0.1) is 5.56 Å². The third kappa shape index (κ3) is 5.02. The van der Waals surface area contributed by atoms with Gasteiger partial charge >= 0.3 is 0 Å². The summed E-state index contributed by atoms with van der Waals surface area (Å²) in [7, 11) is 0. The van der Waals surface area contributed by atoms with Crippen molar-refractivity contribution < 1.29 is 9.59 Å². The number of thiophene rings is 1. The molecule has 0 spiro atoms. The van der Waals surface area contributed by atoms with E-state index in [2.05, 4.69) is 33.2 Å². The van der Waals surface area contributed by atoms with Crippen LogP contribution in [0.2, 0.25) is 0 Å². The van der Waals surface area contributed by atoms with Crippen molar-refractivity contribution in [3.05, 3.63) is 58.3 Å². The number of hydrazine groups is 1. The second kappa shape index (κ2) is 9.49. The Kier molecular flexibility index (Phi) is 6.56. The summed E-state index contributed by atoms with van der Waals surface area (Å²) in [5.41, 5.74) is 8.28. The Bertz CT molecular complexity index is 806. The summed E-state index contributed by atoms with van der Waals surface area (Å²) in [5.74, 6) is 0.147. The van der Waals surface area contributed by atoms with E-state index in [9.17, 15) is 9.59 Å². The molecule has 0 bridgehead atoms. The number of hydrogen-bond donors (Lipinski definition) is 3. The fraction of sp³-hybridized carbons (Fsp3) is 0.429. The molecule has 3 N–H and O–H groups in total. The monoisotopic (exact) mass is 413 g/mol. The van der Waals surface area contributed by atoms with Crippen molar-refractivity contribution in [2.75, 3.05) is 39.3 Å². The van der Waals surface area contributed by atoms with Crippen molar-refractivity contribution >= 4 is 23.2 Å². The van der Waals surface area contributed by atoms with Crippen LogP contribution in [-0.2, 0) is 4.79 Å². The van der Waals surface area contributed by atoms with Crippen LogP contribution >= 0.6 is 11.3 Å². The molecule has 2 aromatic rings. The zero-order valence-electron chi connectivity index (χ0n) is 16.3. The molecule has 3 heterocycles. The summed E-state index contributed by atoms with van der Waals surface area (Å²) < 4.78 is 0. The first-order valence-corrected chi connectivity index (χ1v) is 11.0. The molecular formula is C21H27N5O2S.